The van der Waals surface area contributed by atoms with Gasteiger partial charge in [-0.2, -0.15) is 0 Å². The number of nitrogens with one attached hydrogen (secondary N) is 1. The predicted octanol–water partition coefficient (Wildman–Crippen LogP) is 1.01. The zero-order valence-electron chi connectivity index (χ0n) is 9.76. The molecule has 0 atom stereocenters. The number of carbonyl (C=O) groups excluding carboxylic acids is 1. The smallest absolute Gasteiger partial charge is 0.371 e. The minimum absolute atomic E-state index is 0.00137. The molecule has 0 spiro atoms. The van der Waals surface area contributed by atoms with E-state index < -0.39 is 11.9 Å². The fraction of sp³-hybridized carbons (Fsp3) is 0.500. The number of carbonyl (C=O) groups is 2. The van der Waals surface area contributed by atoms with Crippen LogP contribution in [0.4, 0.5) is 0 Å². The summed E-state index contributed by atoms with van der Waals surface area (Å²) in [6.07, 6.45) is 2.51. The number of furan rings is 1. The number of amides is 1. The van der Waals surface area contributed by atoms with Crippen molar-refractivity contribution in [3.05, 3.63) is 23.7 Å². The van der Waals surface area contributed by atoms with E-state index in [9.17, 15) is 14.7 Å². The molecule has 1 heterocycles. The quantitative estimate of drug-likeness (QED) is 0.746. The van der Waals surface area contributed by atoms with Crippen LogP contribution in [0, 0.1) is 0 Å². The molecule has 1 saturated carbocycles. The number of aliphatic hydroxyl groups is 1. The summed E-state index contributed by atoms with van der Waals surface area (Å²) in [4.78, 5) is 22.4. The third-order valence-corrected chi connectivity index (χ3v) is 3.07. The Hall–Kier alpha value is -1.82. The molecule has 18 heavy (non-hydrogen) atoms. The van der Waals surface area contributed by atoms with E-state index in [1.807, 2.05) is 0 Å². The normalized spacial score (nSPS) is 23.6. The van der Waals surface area contributed by atoms with E-state index in [1.165, 1.54) is 12.1 Å². The molecule has 1 aromatic rings. The van der Waals surface area contributed by atoms with Gasteiger partial charge in [0.2, 0.25) is 5.76 Å². The van der Waals surface area contributed by atoms with E-state index in [4.69, 9.17) is 9.52 Å². The third-order valence-electron chi connectivity index (χ3n) is 3.07. The number of rotatable bonds is 3. The molecule has 2 rings (SSSR count). The molecule has 0 aromatic carbocycles. The molecule has 0 saturated heterocycles. The first kappa shape index (κ1) is 12.6. The van der Waals surface area contributed by atoms with Crippen LogP contribution in [0.15, 0.2) is 16.5 Å². The molecule has 1 fully saturated rings. The van der Waals surface area contributed by atoms with Crippen molar-refractivity contribution in [2.45, 2.75) is 37.8 Å². The van der Waals surface area contributed by atoms with Gasteiger partial charge in [0.05, 0.1) is 6.10 Å². The lowest BCUT2D eigenvalue weighted by atomic mass is 9.93. The number of aliphatic hydroxyl groups excluding tert-OH is 1. The Kier molecular flexibility index (Phi) is 3.66. The Morgan fingerprint density at radius 2 is 1.78 bits per heavy atom. The zero-order valence-corrected chi connectivity index (χ0v) is 9.76. The van der Waals surface area contributed by atoms with Gasteiger partial charge in [-0.1, -0.05) is 0 Å². The zero-order chi connectivity index (χ0) is 13.1. The minimum Gasteiger partial charge on any atom is -0.475 e. The van der Waals surface area contributed by atoms with Crippen LogP contribution in [0.3, 0.4) is 0 Å². The molecule has 0 unspecified atom stereocenters. The second-order valence-electron chi connectivity index (χ2n) is 4.45. The van der Waals surface area contributed by atoms with Crippen LogP contribution in [0.5, 0.6) is 0 Å². The van der Waals surface area contributed by atoms with Crippen molar-refractivity contribution in [3.63, 3.8) is 0 Å². The Balaban J connectivity index is 1.93. The minimum atomic E-state index is -1.20. The Morgan fingerprint density at radius 3 is 2.33 bits per heavy atom. The van der Waals surface area contributed by atoms with Gasteiger partial charge in [-0.15, -0.1) is 0 Å². The summed E-state index contributed by atoms with van der Waals surface area (Å²) in [7, 11) is 0. The van der Waals surface area contributed by atoms with Crippen molar-refractivity contribution in [2.75, 3.05) is 0 Å². The van der Waals surface area contributed by atoms with Crippen molar-refractivity contribution in [3.8, 4) is 0 Å². The first-order valence-electron chi connectivity index (χ1n) is 5.88. The highest BCUT2D eigenvalue weighted by Gasteiger charge is 2.22. The van der Waals surface area contributed by atoms with Crippen LogP contribution in [-0.2, 0) is 0 Å². The standard InChI is InChI=1S/C12H15NO5/c14-8-3-1-7(2-4-8)13-11(15)9-5-6-10(18-9)12(16)17/h5-8,14H,1-4H2,(H,13,15)(H,16,17). The fourth-order valence-electron chi connectivity index (χ4n) is 2.05. The van der Waals surface area contributed by atoms with Crippen molar-refractivity contribution in [1.82, 2.24) is 5.32 Å². The number of hydrogen-bond acceptors (Lipinski definition) is 4. The maximum absolute atomic E-state index is 11.8. The molecule has 0 aliphatic heterocycles. The highest BCUT2D eigenvalue weighted by molar-refractivity contribution is 5.93. The van der Waals surface area contributed by atoms with Crippen LogP contribution in [-0.4, -0.2) is 34.2 Å². The Bertz CT molecular complexity index is 445. The first-order valence-corrected chi connectivity index (χ1v) is 5.88. The molecule has 1 aliphatic rings. The summed E-state index contributed by atoms with van der Waals surface area (Å²) < 4.78 is 4.91. The molecule has 0 bridgehead atoms. The van der Waals surface area contributed by atoms with E-state index in [2.05, 4.69) is 5.32 Å². The Morgan fingerprint density at radius 1 is 1.17 bits per heavy atom. The highest BCUT2D eigenvalue weighted by Crippen LogP contribution is 2.19. The highest BCUT2D eigenvalue weighted by atomic mass is 16.4. The van der Waals surface area contributed by atoms with Crippen LogP contribution >= 0.6 is 0 Å². The van der Waals surface area contributed by atoms with Crippen LogP contribution in [0.2, 0.25) is 0 Å². The lowest BCUT2D eigenvalue weighted by molar-refractivity contribution is 0.0658. The second-order valence-corrected chi connectivity index (χ2v) is 4.45. The number of hydrogen-bond donors (Lipinski definition) is 3. The molecule has 6 heteroatoms. The molecular weight excluding hydrogens is 238 g/mol. The topological polar surface area (TPSA) is 99.8 Å². The van der Waals surface area contributed by atoms with Gasteiger partial charge in [-0.3, -0.25) is 4.79 Å². The van der Waals surface area contributed by atoms with E-state index in [0.29, 0.717) is 12.8 Å². The summed E-state index contributed by atoms with van der Waals surface area (Å²) in [6.45, 7) is 0. The van der Waals surface area contributed by atoms with Crippen molar-refractivity contribution in [1.29, 1.82) is 0 Å². The summed E-state index contributed by atoms with van der Waals surface area (Å²) in [5.74, 6) is -1.86. The summed E-state index contributed by atoms with van der Waals surface area (Å²) >= 11 is 0. The van der Waals surface area contributed by atoms with Crippen LogP contribution in [0.1, 0.15) is 46.8 Å². The molecule has 98 valence electrons. The lowest BCUT2D eigenvalue weighted by Gasteiger charge is -2.25. The summed E-state index contributed by atoms with van der Waals surface area (Å²) in [5, 5.41) is 20.8. The molecular formula is C12H15NO5. The molecule has 1 aliphatic carbocycles. The summed E-state index contributed by atoms with van der Waals surface area (Å²) in [6, 6.07) is 2.61. The number of carboxylic acids is 1. The third kappa shape index (κ3) is 2.89. The van der Waals surface area contributed by atoms with Gasteiger partial charge >= 0.3 is 5.97 Å². The number of aromatic carboxylic acids is 1. The average Bonchev–Trinajstić information content (AvgIpc) is 2.81. The van der Waals surface area contributed by atoms with Crippen molar-refractivity contribution >= 4 is 11.9 Å². The van der Waals surface area contributed by atoms with Crippen molar-refractivity contribution in [2.24, 2.45) is 0 Å². The van der Waals surface area contributed by atoms with Crippen molar-refractivity contribution < 1.29 is 24.2 Å². The molecule has 0 radical (unpaired) electrons. The fourth-order valence-corrected chi connectivity index (χ4v) is 2.05. The maximum atomic E-state index is 11.8. The van der Waals surface area contributed by atoms with E-state index in [1.54, 1.807) is 0 Å². The van der Waals surface area contributed by atoms with Gasteiger partial charge in [-0.05, 0) is 37.8 Å². The van der Waals surface area contributed by atoms with Gasteiger partial charge in [0.25, 0.3) is 5.91 Å². The first-order chi connectivity index (χ1) is 8.56. The van der Waals surface area contributed by atoms with Gasteiger partial charge in [0.1, 0.15) is 0 Å². The largest absolute Gasteiger partial charge is 0.475 e. The number of carboxylic acid groups (broad SMARTS) is 1. The molecule has 1 aromatic heterocycles. The van der Waals surface area contributed by atoms with Gasteiger partial charge in [0, 0.05) is 6.04 Å². The molecule has 6 nitrogen and oxygen atoms in total. The summed E-state index contributed by atoms with van der Waals surface area (Å²) in [5.41, 5.74) is 0. The lowest BCUT2D eigenvalue weighted by Crippen LogP contribution is -2.38. The predicted molar refractivity (Wildman–Crippen MR) is 61.4 cm³/mol. The van der Waals surface area contributed by atoms with Gasteiger partial charge < -0.3 is 19.9 Å². The van der Waals surface area contributed by atoms with E-state index >= 15 is 0 Å². The van der Waals surface area contributed by atoms with Crippen LogP contribution < -0.4 is 5.32 Å². The monoisotopic (exact) mass is 253 g/mol. The molecule has 3 N–H and O–H groups in total. The SMILES string of the molecule is O=C(O)c1ccc(C(=O)NC2CCC(O)CC2)o1. The van der Waals surface area contributed by atoms with Crippen LogP contribution in [0.25, 0.3) is 0 Å². The second kappa shape index (κ2) is 5.22. The van der Waals surface area contributed by atoms with Gasteiger partial charge in [-0.25, -0.2) is 4.79 Å². The van der Waals surface area contributed by atoms with E-state index in [0.717, 1.165) is 12.8 Å². The molecule has 1 amide bonds. The average molecular weight is 253 g/mol. The van der Waals surface area contributed by atoms with Gasteiger partial charge in [0.15, 0.2) is 5.76 Å². The van der Waals surface area contributed by atoms with E-state index in [-0.39, 0.29) is 23.7 Å². The maximum Gasteiger partial charge on any atom is 0.371 e. The Labute approximate surface area is 104 Å².